The highest BCUT2D eigenvalue weighted by Crippen LogP contribution is 2.42. The Morgan fingerprint density at radius 3 is 1.44 bits per heavy atom. The van der Waals surface area contributed by atoms with Crippen molar-refractivity contribution < 1.29 is 0 Å². The third-order valence-corrected chi connectivity index (χ3v) is 18.1. The van der Waals surface area contributed by atoms with E-state index in [1.165, 1.54) is 58.9 Å². The Balaban J connectivity index is 1.17. The van der Waals surface area contributed by atoms with Gasteiger partial charge in [-0.1, -0.05) is 188 Å². The molecule has 5 heteroatoms. The molecular formula is C58H38N4Si. The topological polar surface area (TPSA) is 35.6 Å². The van der Waals surface area contributed by atoms with E-state index in [0.717, 1.165) is 50.7 Å². The van der Waals surface area contributed by atoms with E-state index in [9.17, 15) is 0 Å². The lowest BCUT2D eigenvalue weighted by atomic mass is 10.0. The second-order valence-corrected chi connectivity index (χ2v) is 20.2. The molecule has 0 bridgehead atoms. The van der Waals surface area contributed by atoms with Crippen LogP contribution in [0.15, 0.2) is 231 Å². The number of fused-ring (bicyclic) bond motifs is 9. The van der Waals surface area contributed by atoms with Gasteiger partial charge in [-0.2, -0.15) is 0 Å². The highest BCUT2D eigenvalue weighted by molar-refractivity contribution is 7.22. The van der Waals surface area contributed by atoms with Gasteiger partial charge in [0.25, 0.3) is 0 Å². The molecule has 1 aliphatic heterocycles. The van der Waals surface area contributed by atoms with Crippen LogP contribution in [0.3, 0.4) is 0 Å². The quantitative estimate of drug-likeness (QED) is 0.157. The summed E-state index contributed by atoms with van der Waals surface area (Å²) >= 11 is 0. The van der Waals surface area contributed by atoms with Crippen LogP contribution in [0.25, 0.3) is 88.9 Å². The molecule has 0 radical (unpaired) electrons. The summed E-state index contributed by atoms with van der Waals surface area (Å²) in [6.07, 6.45) is 0. The maximum absolute atomic E-state index is 5.78. The maximum atomic E-state index is 5.78. The predicted molar refractivity (Wildman–Crippen MR) is 264 cm³/mol. The Kier molecular flexibility index (Phi) is 7.89. The molecule has 0 amide bonds. The van der Waals surface area contributed by atoms with Crippen molar-refractivity contribution in [2.45, 2.75) is 0 Å². The molecule has 4 nitrogen and oxygen atoms in total. The zero-order chi connectivity index (χ0) is 41.5. The van der Waals surface area contributed by atoms with E-state index in [1.54, 1.807) is 0 Å². The Labute approximate surface area is 365 Å². The van der Waals surface area contributed by atoms with Crippen molar-refractivity contribution in [2.75, 3.05) is 0 Å². The van der Waals surface area contributed by atoms with Gasteiger partial charge in [0.15, 0.2) is 13.9 Å². The highest BCUT2D eigenvalue weighted by Gasteiger charge is 2.52. The van der Waals surface area contributed by atoms with E-state index in [-0.39, 0.29) is 0 Å². The number of rotatable bonds is 6. The molecule has 0 atom stereocenters. The highest BCUT2D eigenvalue weighted by atomic mass is 28.3. The van der Waals surface area contributed by atoms with E-state index in [2.05, 4.69) is 240 Å². The molecule has 3 aromatic heterocycles. The third kappa shape index (κ3) is 5.14. The molecule has 0 aliphatic carbocycles. The van der Waals surface area contributed by atoms with Gasteiger partial charge >= 0.3 is 0 Å². The summed E-state index contributed by atoms with van der Waals surface area (Å²) in [4.78, 5) is 11.4. The smallest absolute Gasteiger partial charge is 0.185 e. The van der Waals surface area contributed by atoms with Gasteiger partial charge in [0, 0.05) is 49.1 Å². The molecule has 0 saturated carbocycles. The first-order chi connectivity index (χ1) is 31.3. The largest absolute Gasteiger partial charge is 0.309 e. The van der Waals surface area contributed by atoms with Gasteiger partial charge in [-0.3, -0.25) is 0 Å². The average Bonchev–Trinajstić information content (AvgIpc) is 3.98. The Bertz CT molecular complexity index is 3690. The minimum atomic E-state index is -3.03. The molecular weight excluding hydrogens is 781 g/mol. The van der Waals surface area contributed by atoms with Crippen LogP contribution in [0.5, 0.6) is 0 Å². The van der Waals surface area contributed by atoms with Crippen molar-refractivity contribution >= 4 is 72.4 Å². The molecule has 0 saturated heterocycles. The van der Waals surface area contributed by atoms with E-state index >= 15 is 0 Å². The van der Waals surface area contributed by atoms with Crippen molar-refractivity contribution in [3.05, 3.63) is 231 Å². The number of hydrogen-bond acceptors (Lipinski definition) is 2. The van der Waals surface area contributed by atoms with Gasteiger partial charge in [-0.15, -0.1) is 0 Å². The van der Waals surface area contributed by atoms with Gasteiger partial charge in [-0.05, 0) is 58.0 Å². The van der Waals surface area contributed by atoms with Gasteiger partial charge in [0.1, 0.15) is 0 Å². The second kappa shape index (κ2) is 14.0. The lowest BCUT2D eigenvalue weighted by Gasteiger charge is -2.32. The first-order valence-corrected chi connectivity index (χ1v) is 23.6. The van der Waals surface area contributed by atoms with Gasteiger partial charge in [0.2, 0.25) is 0 Å². The summed E-state index contributed by atoms with van der Waals surface area (Å²) in [6.45, 7) is 0. The lowest BCUT2D eigenvalue weighted by Crippen LogP contribution is -2.73. The summed E-state index contributed by atoms with van der Waals surface area (Å²) in [6, 6.07) is 83.9. The first-order valence-electron chi connectivity index (χ1n) is 21.6. The predicted octanol–water partition coefficient (Wildman–Crippen LogP) is 11.4. The average molecular weight is 819 g/mol. The lowest BCUT2D eigenvalue weighted by molar-refractivity contribution is 1.16. The molecule has 12 aromatic rings. The van der Waals surface area contributed by atoms with E-state index < -0.39 is 8.07 Å². The molecule has 1 aliphatic rings. The van der Waals surface area contributed by atoms with Crippen molar-refractivity contribution in [1.29, 1.82) is 0 Å². The molecule has 63 heavy (non-hydrogen) atoms. The van der Waals surface area contributed by atoms with Crippen LogP contribution in [0, 0.1) is 0 Å². The van der Waals surface area contributed by atoms with E-state index in [4.69, 9.17) is 9.97 Å². The van der Waals surface area contributed by atoms with Crippen LogP contribution in [0.4, 0.5) is 0 Å². The fourth-order valence-electron chi connectivity index (χ4n) is 10.6. The van der Waals surface area contributed by atoms with Gasteiger partial charge in [-0.25, -0.2) is 9.97 Å². The number of hydrogen-bond donors (Lipinski definition) is 0. The fraction of sp³-hybridized carbons (Fsp3) is 0. The zero-order valence-electron chi connectivity index (χ0n) is 34.2. The molecule has 4 heterocycles. The minimum Gasteiger partial charge on any atom is -0.309 e. The minimum absolute atomic E-state index is 0.720. The molecule has 294 valence electrons. The van der Waals surface area contributed by atoms with Crippen LogP contribution in [0.2, 0.25) is 0 Å². The standard InChI is InChI=1S/C58H38N4Si/c1-5-21-39(22-6-1)58-59-55(57-56(60-58)46-32-16-20-36-54(46)63(57,41-25-9-3-10-26-41)42-27-11-4-12-28-42)45-31-15-19-35-51(45)62-50-34-18-14-30-44(50)48-37-52-47(38-53(48)62)43-29-13-17-33-49(43)61(52)40-23-7-2-8-24-40/h1-38H. The van der Waals surface area contributed by atoms with Crippen molar-refractivity contribution in [3.63, 3.8) is 0 Å². The number of nitrogens with zero attached hydrogens (tertiary/aromatic N) is 4. The van der Waals surface area contributed by atoms with Crippen LogP contribution in [-0.4, -0.2) is 27.2 Å². The second-order valence-electron chi connectivity index (χ2n) is 16.5. The number of benzene rings is 9. The molecule has 0 unspecified atom stereocenters. The van der Waals surface area contributed by atoms with Crippen LogP contribution in [-0.2, 0) is 0 Å². The van der Waals surface area contributed by atoms with E-state index in [1.807, 2.05) is 0 Å². The summed E-state index contributed by atoms with van der Waals surface area (Å²) in [5, 5.41) is 10.0. The summed E-state index contributed by atoms with van der Waals surface area (Å²) < 4.78 is 4.90. The fourth-order valence-corrected chi connectivity index (χ4v) is 15.9. The van der Waals surface area contributed by atoms with Gasteiger partial charge < -0.3 is 9.13 Å². The SMILES string of the molecule is c1ccc(-c2nc(-c3ccccc3-n3c4ccccc4c4cc5c(cc43)c3ccccc3n5-c3ccccc3)c3c(n2)-c2ccccc2[Si]3(c2ccccc2)c2ccccc2)cc1. The summed E-state index contributed by atoms with van der Waals surface area (Å²) in [5.74, 6) is 0.720. The van der Waals surface area contributed by atoms with Crippen LogP contribution >= 0.6 is 0 Å². The molecule has 0 N–H and O–H groups in total. The number of para-hydroxylation sites is 4. The first kappa shape index (κ1) is 35.6. The molecule has 13 rings (SSSR count). The van der Waals surface area contributed by atoms with Crippen molar-refractivity contribution in [2.24, 2.45) is 0 Å². The summed E-state index contributed by atoms with van der Waals surface area (Å²) in [7, 11) is -3.03. The summed E-state index contributed by atoms with van der Waals surface area (Å²) in [5.41, 5.74) is 12.1. The zero-order valence-corrected chi connectivity index (χ0v) is 35.2. The maximum Gasteiger partial charge on any atom is 0.185 e. The van der Waals surface area contributed by atoms with E-state index in [0.29, 0.717) is 0 Å². The number of aromatic nitrogens is 4. The Morgan fingerprint density at radius 1 is 0.349 bits per heavy atom. The third-order valence-electron chi connectivity index (χ3n) is 13.2. The Morgan fingerprint density at radius 2 is 0.810 bits per heavy atom. The molecule has 0 spiro atoms. The van der Waals surface area contributed by atoms with Gasteiger partial charge in [0.05, 0.1) is 39.1 Å². The van der Waals surface area contributed by atoms with Crippen molar-refractivity contribution in [1.82, 2.24) is 19.1 Å². The van der Waals surface area contributed by atoms with Crippen LogP contribution in [0.1, 0.15) is 0 Å². The normalized spacial score (nSPS) is 12.9. The molecule has 0 fully saturated rings. The molecule has 9 aromatic carbocycles. The van der Waals surface area contributed by atoms with Crippen LogP contribution < -0.4 is 20.7 Å². The Hall–Kier alpha value is -8.12. The van der Waals surface area contributed by atoms with Crippen molar-refractivity contribution in [3.8, 4) is 45.3 Å². The monoisotopic (exact) mass is 818 g/mol.